The molecule has 0 aliphatic carbocycles. The topological polar surface area (TPSA) is 93.2 Å². The summed E-state index contributed by atoms with van der Waals surface area (Å²) in [6.45, 7) is 3.83. The summed E-state index contributed by atoms with van der Waals surface area (Å²) in [5.41, 5.74) is 0.964. The molecular formula is C20H19ClN4O3S. The lowest BCUT2D eigenvalue weighted by atomic mass is 10.1. The van der Waals surface area contributed by atoms with Gasteiger partial charge in [-0.15, -0.1) is 10.2 Å². The van der Waals surface area contributed by atoms with Crippen LogP contribution in [-0.4, -0.2) is 22.0 Å². The highest BCUT2D eigenvalue weighted by Crippen LogP contribution is 2.21. The molecule has 9 heteroatoms. The Morgan fingerprint density at radius 1 is 1.10 bits per heavy atom. The van der Waals surface area contributed by atoms with E-state index in [0.717, 1.165) is 0 Å². The largest absolute Gasteiger partial charge is 0.486 e. The first-order valence-electron chi connectivity index (χ1n) is 8.84. The number of halogens is 1. The van der Waals surface area contributed by atoms with Crippen molar-refractivity contribution < 1.29 is 14.3 Å². The number of amides is 2. The van der Waals surface area contributed by atoms with Crippen molar-refractivity contribution in [3.05, 3.63) is 64.1 Å². The first-order chi connectivity index (χ1) is 13.9. The van der Waals surface area contributed by atoms with Crippen molar-refractivity contribution in [2.75, 3.05) is 10.6 Å². The van der Waals surface area contributed by atoms with Gasteiger partial charge in [-0.1, -0.05) is 42.9 Å². The van der Waals surface area contributed by atoms with Crippen molar-refractivity contribution in [1.29, 1.82) is 0 Å². The van der Waals surface area contributed by atoms with E-state index in [9.17, 15) is 9.59 Å². The first-order valence-corrected chi connectivity index (χ1v) is 10.0. The SMILES string of the molecule is CC(C)C(=O)Nc1cccc(C(=O)Nc2nnc(COc3ccc(Cl)cc3)s2)c1. The van der Waals surface area contributed by atoms with Crippen LogP contribution in [0, 0.1) is 5.92 Å². The highest BCUT2D eigenvalue weighted by Gasteiger charge is 2.13. The zero-order valence-corrected chi connectivity index (χ0v) is 17.4. The van der Waals surface area contributed by atoms with Crippen molar-refractivity contribution in [2.45, 2.75) is 20.5 Å². The number of anilines is 2. The summed E-state index contributed by atoms with van der Waals surface area (Å²) in [5.74, 6) is 0.0572. The van der Waals surface area contributed by atoms with E-state index in [1.54, 1.807) is 62.4 Å². The second-order valence-electron chi connectivity index (χ2n) is 6.42. The van der Waals surface area contributed by atoms with E-state index in [1.165, 1.54) is 11.3 Å². The summed E-state index contributed by atoms with van der Waals surface area (Å²) in [4.78, 5) is 24.3. The van der Waals surface area contributed by atoms with Gasteiger partial charge in [0.1, 0.15) is 12.4 Å². The van der Waals surface area contributed by atoms with E-state index in [0.29, 0.717) is 32.2 Å². The third kappa shape index (κ3) is 6.00. The van der Waals surface area contributed by atoms with E-state index in [4.69, 9.17) is 16.3 Å². The maximum absolute atomic E-state index is 12.5. The van der Waals surface area contributed by atoms with Crippen molar-refractivity contribution >= 4 is 45.6 Å². The maximum Gasteiger partial charge on any atom is 0.257 e. The molecule has 0 saturated carbocycles. The van der Waals surface area contributed by atoms with Gasteiger partial charge in [0, 0.05) is 22.2 Å². The van der Waals surface area contributed by atoms with E-state index in [1.807, 2.05) is 0 Å². The Morgan fingerprint density at radius 2 is 1.86 bits per heavy atom. The molecule has 3 rings (SSSR count). The summed E-state index contributed by atoms with van der Waals surface area (Å²) < 4.78 is 5.62. The average molecular weight is 431 g/mol. The van der Waals surface area contributed by atoms with E-state index >= 15 is 0 Å². The summed E-state index contributed by atoms with van der Waals surface area (Å²) in [5, 5.41) is 15.1. The number of ether oxygens (including phenoxy) is 1. The summed E-state index contributed by atoms with van der Waals surface area (Å²) in [6, 6.07) is 13.7. The van der Waals surface area contributed by atoms with Crippen LogP contribution >= 0.6 is 22.9 Å². The predicted molar refractivity (Wildman–Crippen MR) is 114 cm³/mol. The lowest BCUT2D eigenvalue weighted by molar-refractivity contribution is -0.118. The van der Waals surface area contributed by atoms with Crippen LogP contribution in [0.25, 0.3) is 0 Å². The van der Waals surface area contributed by atoms with E-state index in [-0.39, 0.29) is 24.3 Å². The van der Waals surface area contributed by atoms with Gasteiger partial charge in [0.05, 0.1) is 0 Å². The molecule has 2 aromatic carbocycles. The third-order valence-electron chi connectivity index (χ3n) is 3.78. The molecule has 0 fully saturated rings. The normalized spacial score (nSPS) is 10.6. The van der Waals surface area contributed by atoms with Gasteiger partial charge < -0.3 is 10.1 Å². The minimum atomic E-state index is -0.341. The molecule has 0 atom stereocenters. The number of carbonyl (C=O) groups excluding carboxylic acids is 2. The van der Waals surface area contributed by atoms with Crippen molar-refractivity contribution in [3.63, 3.8) is 0 Å². The molecule has 150 valence electrons. The van der Waals surface area contributed by atoms with Crippen molar-refractivity contribution in [2.24, 2.45) is 5.92 Å². The molecule has 0 saturated heterocycles. The molecule has 0 aliphatic rings. The quantitative estimate of drug-likeness (QED) is 0.570. The van der Waals surface area contributed by atoms with Gasteiger partial charge in [-0.2, -0.15) is 0 Å². The molecule has 29 heavy (non-hydrogen) atoms. The molecule has 0 radical (unpaired) electrons. The molecule has 3 aromatic rings. The molecule has 1 aromatic heterocycles. The van der Waals surface area contributed by atoms with E-state index in [2.05, 4.69) is 20.8 Å². The number of hydrogen-bond donors (Lipinski definition) is 2. The Kier molecular flexibility index (Phi) is 6.79. The average Bonchev–Trinajstić information content (AvgIpc) is 3.15. The van der Waals surface area contributed by atoms with Crippen LogP contribution in [-0.2, 0) is 11.4 Å². The molecule has 2 N–H and O–H groups in total. The zero-order chi connectivity index (χ0) is 20.8. The minimum absolute atomic E-state index is 0.114. The second kappa shape index (κ2) is 9.49. The van der Waals surface area contributed by atoms with Crippen LogP contribution < -0.4 is 15.4 Å². The number of hydrogen-bond acceptors (Lipinski definition) is 6. The third-order valence-corrected chi connectivity index (χ3v) is 4.84. The van der Waals surface area contributed by atoms with Crippen LogP contribution in [0.4, 0.5) is 10.8 Å². The minimum Gasteiger partial charge on any atom is -0.486 e. The highest BCUT2D eigenvalue weighted by molar-refractivity contribution is 7.15. The molecular weight excluding hydrogens is 412 g/mol. The number of benzene rings is 2. The van der Waals surface area contributed by atoms with Gasteiger partial charge in [0.15, 0.2) is 5.01 Å². The van der Waals surface area contributed by atoms with Gasteiger partial charge in [0.25, 0.3) is 5.91 Å². The number of aromatic nitrogens is 2. The van der Waals surface area contributed by atoms with Gasteiger partial charge >= 0.3 is 0 Å². The first kappa shape index (κ1) is 20.8. The number of rotatable bonds is 7. The smallest absolute Gasteiger partial charge is 0.257 e. The Labute approximate surface area is 177 Å². The summed E-state index contributed by atoms with van der Waals surface area (Å²) in [6.07, 6.45) is 0. The summed E-state index contributed by atoms with van der Waals surface area (Å²) in [7, 11) is 0. The van der Waals surface area contributed by atoms with Crippen LogP contribution in [0.1, 0.15) is 29.2 Å². The monoisotopic (exact) mass is 430 g/mol. The summed E-state index contributed by atoms with van der Waals surface area (Å²) >= 11 is 7.06. The molecule has 0 spiro atoms. The van der Waals surface area contributed by atoms with Crippen LogP contribution in [0.5, 0.6) is 5.75 Å². The van der Waals surface area contributed by atoms with Gasteiger partial charge in [-0.3, -0.25) is 14.9 Å². The Balaban J connectivity index is 1.58. The number of nitrogens with zero attached hydrogens (tertiary/aromatic N) is 2. The molecule has 1 heterocycles. The standard InChI is InChI=1S/C20H19ClN4O3S/c1-12(2)18(26)22-15-5-3-4-13(10-15)19(27)23-20-25-24-17(29-20)11-28-16-8-6-14(21)7-9-16/h3-10,12H,11H2,1-2H3,(H,22,26)(H,23,25,27). The van der Waals surface area contributed by atoms with Crippen LogP contribution in [0.15, 0.2) is 48.5 Å². The fourth-order valence-electron chi connectivity index (χ4n) is 2.23. The van der Waals surface area contributed by atoms with Gasteiger partial charge in [0.2, 0.25) is 11.0 Å². The van der Waals surface area contributed by atoms with Crippen molar-refractivity contribution in [3.8, 4) is 5.75 Å². The van der Waals surface area contributed by atoms with Crippen LogP contribution in [0.3, 0.4) is 0 Å². The Morgan fingerprint density at radius 3 is 2.59 bits per heavy atom. The highest BCUT2D eigenvalue weighted by atomic mass is 35.5. The molecule has 7 nitrogen and oxygen atoms in total. The van der Waals surface area contributed by atoms with Gasteiger partial charge in [-0.05, 0) is 42.5 Å². The molecule has 2 amide bonds. The molecule has 0 aliphatic heterocycles. The maximum atomic E-state index is 12.5. The Bertz CT molecular complexity index is 1000. The lowest BCUT2D eigenvalue weighted by Crippen LogP contribution is -2.18. The predicted octanol–water partition coefficient (Wildman–Crippen LogP) is 4.62. The number of nitrogens with one attached hydrogen (secondary N) is 2. The fourth-order valence-corrected chi connectivity index (χ4v) is 3.01. The number of carbonyl (C=O) groups is 2. The zero-order valence-electron chi connectivity index (χ0n) is 15.8. The fraction of sp³-hybridized carbons (Fsp3) is 0.200. The molecule has 0 unspecified atom stereocenters. The lowest BCUT2D eigenvalue weighted by Gasteiger charge is -2.09. The van der Waals surface area contributed by atoms with Crippen molar-refractivity contribution in [1.82, 2.24) is 10.2 Å². The Hall–Kier alpha value is -2.97. The second-order valence-corrected chi connectivity index (χ2v) is 7.92. The molecule has 0 bridgehead atoms. The van der Waals surface area contributed by atoms with Gasteiger partial charge in [-0.25, -0.2) is 0 Å². The van der Waals surface area contributed by atoms with Crippen LogP contribution in [0.2, 0.25) is 5.02 Å². The van der Waals surface area contributed by atoms with E-state index < -0.39 is 0 Å².